The van der Waals surface area contributed by atoms with E-state index in [4.69, 9.17) is 0 Å². The van der Waals surface area contributed by atoms with Gasteiger partial charge in [0.25, 0.3) is 5.56 Å². The molecule has 7 nitrogen and oxygen atoms in total. The highest BCUT2D eigenvalue weighted by atomic mass is 16.4. The Morgan fingerprint density at radius 1 is 1.00 bits per heavy atom. The van der Waals surface area contributed by atoms with Crippen molar-refractivity contribution in [1.82, 2.24) is 14.8 Å². The average Bonchev–Trinajstić information content (AvgIpc) is 2.86. The van der Waals surface area contributed by atoms with Crippen LogP contribution in [0.5, 0.6) is 0 Å². The molecule has 2 atom stereocenters. The van der Waals surface area contributed by atoms with E-state index in [0.29, 0.717) is 12.0 Å². The van der Waals surface area contributed by atoms with E-state index in [9.17, 15) is 19.5 Å². The molecule has 1 heterocycles. The molecule has 0 saturated carbocycles. The van der Waals surface area contributed by atoms with Gasteiger partial charge >= 0.3 is 5.97 Å². The summed E-state index contributed by atoms with van der Waals surface area (Å²) in [7, 11) is 3.98. The maximum absolute atomic E-state index is 13.8. The Morgan fingerprint density at radius 2 is 1.67 bits per heavy atom. The Hall–Kier alpha value is -3.71. The molecule has 0 spiro atoms. The van der Waals surface area contributed by atoms with E-state index in [2.05, 4.69) is 10.2 Å². The minimum Gasteiger partial charge on any atom is -0.481 e. The first-order valence-electron chi connectivity index (χ1n) is 13.5. The molecule has 1 aromatic heterocycles. The van der Waals surface area contributed by atoms with E-state index in [1.165, 1.54) is 10.6 Å². The van der Waals surface area contributed by atoms with Crippen molar-refractivity contribution >= 4 is 11.9 Å². The predicted octanol–water partition coefficient (Wildman–Crippen LogP) is 5.16. The number of carboxylic acid groups (broad SMARTS) is 1. The number of aliphatic carboxylic acids is 1. The molecule has 0 bridgehead atoms. The molecule has 39 heavy (non-hydrogen) atoms. The van der Waals surface area contributed by atoms with Crippen LogP contribution in [0, 0.1) is 19.8 Å². The number of nitrogens with zero attached hydrogens (tertiary/aromatic N) is 2. The number of benzene rings is 2. The fraction of sp³-hybridized carbons (Fsp3) is 0.406. The predicted molar refractivity (Wildman–Crippen MR) is 156 cm³/mol. The van der Waals surface area contributed by atoms with Crippen molar-refractivity contribution in [2.24, 2.45) is 5.92 Å². The summed E-state index contributed by atoms with van der Waals surface area (Å²) < 4.78 is 1.51. The van der Waals surface area contributed by atoms with Crippen molar-refractivity contribution in [3.63, 3.8) is 0 Å². The van der Waals surface area contributed by atoms with Crippen LogP contribution in [0.25, 0.3) is 11.1 Å². The van der Waals surface area contributed by atoms with Gasteiger partial charge in [0, 0.05) is 18.8 Å². The molecule has 0 saturated heterocycles. The van der Waals surface area contributed by atoms with Crippen LogP contribution >= 0.6 is 0 Å². The number of carbonyl (C=O) groups is 2. The van der Waals surface area contributed by atoms with Crippen LogP contribution in [-0.2, 0) is 16.0 Å². The number of hydrogen-bond donors (Lipinski definition) is 2. The number of rotatable bonds is 12. The quantitative estimate of drug-likeness (QED) is 0.337. The summed E-state index contributed by atoms with van der Waals surface area (Å²) in [6.45, 7) is 8.92. The van der Waals surface area contributed by atoms with E-state index in [1.807, 2.05) is 84.3 Å². The Balaban J connectivity index is 1.97. The van der Waals surface area contributed by atoms with Crippen LogP contribution < -0.4 is 10.9 Å². The summed E-state index contributed by atoms with van der Waals surface area (Å²) in [4.78, 5) is 40.6. The molecule has 7 heteroatoms. The molecule has 2 N–H and O–H groups in total. The number of hydrogen-bond acceptors (Lipinski definition) is 4. The number of pyridine rings is 1. The third-order valence-electron chi connectivity index (χ3n) is 6.93. The summed E-state index contributed by atoms with van der Waals surface area (Å²) in [5.74, 6) is -1.23. The number of carbonyl (C=O) groups excluding carboxylic acids is 1. The standard InChI is InChI=1S/C32H41N3O4/c1-21(2)17-28(35-20-24(13-14-29(35)36)15-16-34(5)6)32(39)33-27(19-30(37)38)25-11-8-12-26(18-25)31-22(3)9-7-10-23(31)4/h7-14,18,20-21,27-28H,15-17,19H2,1-6H3,(H,33,39)(H,37,38)/t27-,28?/m0/s1. The maximum Gasteiger partial charge on any atom is 0.305 e. The van der Waals surface area contributed by atoms with Crippen molar-refractivity contribution in [3.8, 4) is 11.1 Å². The van der Waals surface area contributed by atoms with E-state index in [-0.39, 0.29) is 23.8 Å². The Bertz CT molecular complexity index is 1340. The third-order valence-corrected chi connectivity index (χ3v) is 6.93. The summed E-state index contributed by atoms with van der Waals surface area (Å²) in [5, 5.41) is 12.7. The number of nitrogens with one attached hydrogen (secondary N) is 1. The molecular formula is C32H41N3O4. The second-order valence-electron chi connectivity index (χ2n) is 11.0. The SMILES string of the molecule is Cc1cccc(C)c1-c1cccc([C@H](CC(=O)O)NC(=O)C(CC(C)C)n2cc(CCN(C)C)ccc2=O)c1. The zero-order valence-corrected chi connectivity index (χ0v) is 23.9. The Kier molecular flexibility index (Phi) is 10.2. The fourth-order valence-corrected chi connectivity index (χ4v) is 4.96. The first kappa shape index (κ1) is 29.8. The molecule has 2 aromatic carbocycles. The molecule has 0 fully saturated rings. The normalized spacial score (nSPS) is 12.9. The highest BCUT2D eigenvalue weighted by molar-refractivity contribution is 5.82. The molecule has 1 amide bonds. The molecular weight excluding hydrogens is 490 g/mol. The van der Waals surface area contributed by atoms with Gasteiger partial charge in [0.2, 0.25) is 5.91 Å². The van der Waals surface area contributed by atoms with Crippen molar-refractivity contribution in [3.05, 3.63) is 93.4 Å². The highest BCUT2D eigenvalue weighted by Gasteiger charge is 2.27. The molecule has 0 radical (unpaired) electrons. The number of aromatic nitrogens is 1. The van der Waals surface area contributed by atoms with Gasteiger partial charge in [-0.15, -0.1) is 0 Å². The number of carboxylic acids is 1. The van der Waals surface area contributed by atoms with E-state index >= 15 is 0 Å². The van der Waals surface area contributed by atoms with Gasteiger partial charge in [0.05, 0.1) is 12.5 Å². The van der Waals surface area contributed by atoms with Crippen LogP contribution in [0.15, 0.2) is 65.6 Å². The Labute approximate surface area is 231 Å². The van der Waals surface area contributed by atoms with Gasteiger partial charge < -0.3 is 19.9 Å². The lowest BCUT2D eigenvalue weighted by Gasteiger charge is -2.26. The molecule has 0 aliphatic rings. The van der Waals surface area contributed by atoms with Crippen LogP contribution in [-0.4, -0.2) is 47.1 Å². The van der Waals surface area contributed by atoms with Gasteiger partial charge in [0.1, 0.15) is 6.04 Å². The van der Waals surface area contributed by atoms with Crippen LogP contribution in [0.2, 0.25) is 0 Å². The van der Waals surface area contributed by atoms with Gasteiger partial charge in [0.15, 0.2) is 0 Å². The van der Waals surface area contributed by atoms with Crippen molar-refractivity contribution < 1.29 is 14.7 Å². The number of likely N-dealkylation sites (N-methyl/N-ethyl adjacent to an activating group) is 1. The van der Waals surface area contributed by atoms with Crippen LogP contribution in [0.4, 0.5) is 0 Å². The lowest BCUT2D eigenvalue weighted by molar-refractivity contribution is -0.138. The van der Waals surface area contributed by atoms with Gasteiger partial charge in [-0.1, -0.05) is 56.3 Å². The van der Waals surface area contributed by atoms with E-state index in [0.717, 1.165) is 40.8 Å². The highest BCUT2D eigenvalue weighted by Crippen LogP contribution is 2.30. The molecule has 3 rings (SSSR count). The second kappa shape index (κ2) is 13.4. The molecule has 3 aromatic rings. The average molecular weight is 532 g/mol. The van der Waals surface area contributed by atoms with Crippen molar-refractivity contribution in [2.45, 2.75) is 59.0 Å². The maximum atomic E-state index is 13.8. The molecule has 0 aliphatic heterocycles. The summed E-state index contributed by atoms with van der Waals surface area (Å²) in [6.07, 6.45) is 2.70. The summed E-state index contributed by atoms with van der Waals surface area (Å²) in [6, 6.07) is 15.6. The largest absolute Gasteiger partial charge is 0.481 e. The molecule has 208 valence electrons. The molecule has 1 unspecified atom stereocenters. The minimum absolute atomic E-state index is 0.142. The van der Waals surface area contributed by atoms with Gasteiger partial charge in [-0.3, -0.25) is 14.4 Å². The lowest BCUT2D eigenvalue weighted by atomic mass is 9.92. The monoisotopic (exact) mass is 531 g/mol. The zero-order valence-electron chi connectivity index (χ0n) is 23.9. The minimum atomic E-state index is -1.01. The van der Waals surface area contributed by atoms with Gasteiger partial charge in [-0.2, -0.15) is 0 Å². The Morgan fingerprint density at radius 3 is 2.28 bits per heavy atom. The van der Waals surface area contributed by atoms with Crippen LogP contribution in [0.3, 0.4) is 0 Å². The lowest BCUT2D eigenvalue weighted by Crippen LogP contribution is -2.40. The van der Waals surface area contributed by atoms with Crippen LogP contribution in [0.1, 0.15) is 61.0 Å². The van der Waals surface area contributed by atoms with Gasteiger partial charge in [-0.25, -0.2) is 0 Å². The number of amides is 1. The van der Waals surface area contributed by atoms with E-state index < -0.39 is 18.1 Å². The summed E-state index contributed by atoms with van der Waals surface area (Å²) in [5.41, 5.74) is 5.73. The first-order chi connectivity index (χ1) is 18.5. The van der Waals surface area contributed by atoms with Crippen molar-refractivity contribution in [2.75, 3.05) is 20.6 Å². The fourth-order valence-electron chi connectivity index (χ4n) is 4.96. The number of aryl methyl sites for hydroxylation is 2. The van der Waals surface area contributed by atoms with Gasteiger partial charge in [-0.05, 0) is 86.1 Å². The molecule has 0 aliphatic carbocycles. The topological polar surface area (TPSA) is 91.6 Å². The third kappa shape index (κ3) is 8.14. The smallest absolute Gasteiger partial charge is 0.305 e. The van der Waals surface area contributed by atoms with E-state index in [1.54, 1.807) is 12.3 Å². The zero-order chi connectivity index (χ0) is 28.7. The first-order valence-corrected chi connectivity index (χ1v) is 13.5. The van der Waals surface area contributed by atoms with Crippen molar-refractivity contribution in [1.29, 1.82) is 0 Å². The second-order valence-corrected chi connectivity index (χ2v) is 11.0. The summed E-state index contributed by atoms with van der Waals surface area (Å²) >= 11 is 0.